The molecule has 0 saturated heterocycles. The Hall–Kier alpha value is -12.2. The molecular formula is C121H127N5OS2. The van der Waals surface area contributed by atoms with Crippen molar-refractivity contribution in [2.45, 2.75) is 228 Å². The molecule has 0 radical (unpaired) electrons. The van der Waals surface area contributed by atoms with Crippen molar-refractivity contribution in [2.24, 2.45) is 0 Å². The minimum atomic E-state index is 0.128. The molecule has 0 fully saturated rings. The summed E-state index contributed by atoms with van der Waals surface area (Å²) < 4.78 is 11.1. The lowest BCUT2D eigenvalue weighted by Gasteiger charge is -2.36. The Balaban J connectivity index is 0.000000118. The molecule has 3 aliphatic rings. The van der Waals surface area contributed by atoms with Crippen molar-refractivity contribution >= 4 is 118 Å². The number of anilines is 9. The normalized spacial score (nSPS) is 12.7. The number of rotatable bonds is 10. The molecule has 0 bridgehead atoms. The van der Waals surface area contributed by atoms with Crippen LogP contribution in [0.3, 0.4) is 0 Å². The first kappa shape index (κ1) is 90.2. The van der Waals surface area contributed by atoms with E-state index in [0.29, 0.717) is 5.92 Å². The van der Waals surface area contributed by atoms with Gasteiger partial charge in [0.2, 0.25) is 0 Å². The minimum Gasteiger partial charge on any atom is -0.453 e. The fourth-order valence-electron chi connectivity index (χ4n) is 18.4. The van der Waals surface area contributed by atoms with Gasteiger partial charge in [-0.15, -0.1) is 0 Å². The smallest absolute Gasteiger partial charge is 0.151 e. The van der Waals surface area contributed by atoms with Crippen LogP contribution in [0.1, 0.15) is 193 Å². The van der Waals surface area contributed by atoms with Gasteiger partial charge < -0.3 is 28.6 Å². The molecule has 0 spiro atoms. The van der Waals surface area contributed by atoms with Crippen molar-refractivity contribution in [3.8, 4) is 22.9 Å². The number of ether oxygens (including phenoxy) is 1. The molecule has 2 aromatic heterocycles. The average Bonchev–Trinajstić information content (AvgIpc) is 1.15. The Labute approximate surface area is 777 Å². The fourth-order valence-corrected chi connectivity index (χ4v) is 21.0. The zero-order valence-corrected chi connectivity index (χ0v) is 82.1. The van der Waals surface area contributed by atoms with Gasteiger partial charge in [-0.2, -0.15) is 0 Å². The first-order valence-electron chi connectivity index (χ1n) is 46.3. The van der Waals surface area contributed by atoms with Crippen LogP contribution in [-0.2, 0) is 17.3 Å². The van der Waals surface area contributed by atoms with E-state index in [1.807, 2.05) is 23.5 Å². The summed E-state index contributed by atoms with van der Waals surface area (Å²) in [5.41, 5.74) is 43.9. The number of aryl methyl sites for hydroxylation is 16. The Bertz CT molecular complexity index is 6590. The average molecular weight is 1730 g/mol. The summed E-state index contributed by atoms with van der Waals surface area (Å²) in [7, 11) is 0. The predicted molar refractivity (Wildman–Crippen MR) is 559 cm³/mol. The molecule has 129 heavy (non-hydrogen) atoms. The van der Waals surface area contributed by atoms with E-state index >= 15 is 0 Å². The van der Waals surface area contributed by atoms with Gasteiger partial charge in [-0.05, 0) is 375 Å². The molecule has 1 unspecified atom stereocenters. The van der Waals surface area contributed by atoms with Gasteiger partial charge in [-0.1, -0.05) is 241 Å². The van der Waals surface area contributed by atoms with E-state index in [-0.39, 0.29) is 10.8 Å². The number of benzene rings is 15. The molecule has 17 aromatic rings. The van der Waals surface area contributed by atoms with Crippen molar-refractivity contribution in [3.63, 3.8) is 0 Å². The zero-order chi connectivity index (χ0) is 91.3. The predicted octanol–water partition coefficient (Wildman–Crippen LogP) is 36.1. The van der Waals surface area contributed by atoms with Crippen LogP contribution in [0.15, 0.2) is 299 Å². The highest BCUT2D eigenvalue weighted by Crippen LogP contribution is 2.57. The maximum Gasteiger partial charge on any atom is 0.151 e. The second-order valence-corrected chi connectivity index (χ2v) is 41.0. The van der Waals surface area contributed by atoms with Gasteiger partial charge in [-0.3, -0.25) is 0 Å². The van der Waals surface area contributed by atoms with Gasteiger partial charge in [-0.25, -0.2) is 0 Å². The summed E-state index contributed by atoms with van der Waals surface area (Å²) in [6, 6.07) is 103. The van der Waals surface area contributed by atoms with Gasteiger partial charge in [0.15, 0.2) is 11.5 Å². The van der Waals surface area contributed by atoms with Gasteiger partial charge in [0.05, 0.1) is 67.6 Å². The topological polar surface area (TPSA) is 28.8 Å². The van der Waals surface area contributed by atoms with Gasteiger partial charge in [0.25, 0.3) is 0 Å². The van der Waals surface area contributed by atoms with E-state index in [2.05, 4.69) is 469 Å². The first-order chi connectivity index (χ1) is 61.7. The SMILES string of the molecule is CCC(C)c1ccc(-n2c3ccc(C)cc3c3cc(C)ccc32)cc1.CCCCc1ccc(N2c3ccc(C)cc3Sc3cc(C)ccc32)cc1.Cc1ccc(-n2c3ccc(C)cc3c3cc(C)ccc32)cc1.Cc1ccc2c(c1)Oc1cc(C)ccc1N2c1c(C)cc(C(C)(C)C)cc1C.Cc1ccc2c(c1)Sc1cc(C)ccc1N2c1c(C)cc(C(C)(C)C)cc1C. The lowest BCUT2D eigenvalue weighted by Crippen LogP contribution is -2.19. The highest BCUT2D eigenvalue weighted by atomic mass is 32.2. The molecule has 8 heteroatoms. The molecule has 1 atom stereocenters. The maximum absolute atomic E-state index is 6.31. The van der Waals surface area contributed by atoms with E-state index in [9.17, 15) is 0 Å². The third-order valence-corrected chi connectivity index (χ3v) is 27.9. The largest absolute Gasteiger partial charge is 0.453 e. The second kappa shape index (κ2) is 37.1. The molecule has 0 aliphatic carbocycles. The minimum absolute atomic E-state index is 0.128. The number of hydrogen-bond acceptors (Lipinski definition) is 6. The third-order valence-electron chi connectivity index (χ3n) is 25.7. The van der Waals surface area contributed by atoms with Gasteiger partial charge in [0.1, 0.15) is 0 Å². The molecule has 0 amide bonds. The van der Waals surface area contributed by atoms with Crippen LogP contribution in [0.4, 0.5) is 51.2 Å². The Morgan fingerprint density at radius 1 is 0.287 bits per heavy atom. The monoisotopic (exact) mass is 1730 g/mol. The van der Waals surface area contributed by atoms with E-state index in [1.54, 1.807) is 0 Å². The number of hydrogen-bond donors (Lipinski definition) is 0. The molecular weight excluding hydrogens is 1600 g/mol. The summed E-state index contributed by atoms with van der Waals surface area (Å²) in [5.74, 6) is 2.44. The number of unbranched alkanes of at least 4 members (excludes halogenated alkanes) is 1. The standard InChI is InChI=1S/C26H29NO.C26H29NS.C24H25NS.C24H25N.C21H19N/c2*1-16-8-10-21-23(12-16)28-24-13-17(2)9-11-22(24)27(21)25-18(3)14-20(15-19(25)4)26(5,6)7;1-4-5-6-19-9-11-20(12-10-19)25-21-13-7-17(2)15-23(21)26-24-16-18(3)8-14-22(24)25;1-5-18(4)19-8-10-20(11-9-19)25-23-12-6-16(2)14-21(23)22-15-17(3)7-13-24(22)25;1-14-4-8-17(9-5-14)22-20-10-6-15(2)12-18(20)19-13-16(3)7-11-21(19)22/h2*8-15H,1-7H3;7-16H,4-6H2,1-3H3;6-15,18H,5H2,1-4H3;4-13H,1-3H3. The van der Waals surface area contributed by atoms with Crippen molar-refractivity contribution in [1.82, 2.24) is 9.13 Å². The van der Waals surface area contributed by atoms with Crippen molar-refractivity contribution in [3.05, 3.63) is 385 Å². The van der Waals surface area contributed by atoms with Gasteiger partial charge in [0, 0.05) is 58.2 Å². The van der Waals surface area contributed by atoms with Crippen LogP contribution < -0.4 is 19.4 Å². The van der Waals surface area contributed by atoms with Crippen LogP contribution in [0.5, 0.6) is 11.5 Å². The van der Waals surface area contributed by atoms with E-state index in [4.69, 9.17) is 4.74 Å². The summed E-state index contributed by atoms with van der Waals surface area (Å²) in [6.07, 6.45) is 4.83. The molecule has 0 saturated carbocycles. The Morgan fingerprint density at radius 2 is 0.566 bits per heavy atom. The number of fused-ring (bicyclic) bond motifs is 12. The number of aromatic nitrogens is 2. The Kier molecular flexibility index (Phi) is 25.9. The first-order valence-corrected chi connectivity index (χ1v) is 47.9. The molecule has 6 nitrogen and oxygen atoms in total. The molecule has 0 N–H and O–H groups in total. The molecule has 15 aromatic carbocycles. The van der Waals surface area contributed by atoms with Crippen LogP contribution in [0.2, 0.25) is 0 Å². The van der Waals surface area contributed by atoms with E-state index < -0.39 is 0 Å². The summed E-state index contributed by atoms with van der Waals surface area (Å²) in [4.78, 5) is 12.6. The summed E-state index contributed by atoms with van der Waals surface area (Å²) >= 11 is 3.77. The molecule has 20 rings (SSSR count). The van der Waals surface area contributed by atoms with Crippen molar-refractivity contribution in [1.29, 1.82) is 0 Å². The van der Waals surface area contributed by atoms with Crippen molar-refractivity contribution < 1.29 is 4.74 Å². The summed E-state index contributed by atoms with van der Waals surface area (Å²) in [6.45, 7) is 53.1. The maximum atomic E-state index is 6.31. The highest BCUT2D eigenvalue weighted by Gasteiger charge is 2.33. The van der Waals surface area contributed by atoms with Crippen molar-refractivity contribution in [2.75, 3.05) is 14.7 Å². The van der Waals surface area contributed by atoms with Crippen LogP contribution in [0, 0.1) is 104 Å². The van der Waals surface area contributed by atoms with Crippen LogP contribution in [0.25, 0.3) is 55.0 Å². The second-order valence-electron chi connectivity index (χ2n) is 38.8. The summed E-state index contributed by atoms with van der Waals surface area (Å²) in [5, 5.41) is 5.34. The molecule has 5 heterocycles. The molecule has 3 aliphatic heterocycles. The van der Waals surface area contributed by atoms with E-state index in [1.165, 1.54) is 239 Å². The number of nitrogens with zero attached hydrogens (tertiary/aromatic N) is 5. The van der Waals surface area contributed by atoms with Crippen LogP contribution in [-0.4, -0.2) is 9.13 Å². The van der Waals surface area contributed by atoms with Gasteiger partial charge >= 0.3 is 0 Å². The molecule has 654 valence electrons. The van der Waals surface area contributed by atoms with Crippen LogP contribution >= 0.6 is 23.5 Å². The Morgan fingerprint density at radius 3 is 0.891 bits per heavy atom. The highest BCUT2D eigenvalue weighted by molar-refractivity contribution is 8.00. The lowest BCUT2D eigenvalue weighted by atomic mass is 9.84. The zero-order valence-electron chi connectivity index (χ0n) is 80.4. The quantitative estimate of drug-likeness (QED) is 0.136. The van der Waals surface area contributed by atoms with E-state index in [0.717, 1.165) is 29.3 Å². The fraction of sp³-hybridized carbons (Fsp3) is 0.256. The third kappa shape index (κ3) is 18.9. The lowest BCUT2D eigenvalue weighted by molar-refractivity contribution is 0.476.